The van der Waals surface area contributed by atoms with Crippen molar-refractivity contribution in [2.24, 2.45) is 0 Å². The fourth-order valence-corrected chi connectivity index (χ4v) is 2.91. The molecule has 28 heavy (non-hydrogen) atoms. The van der Waals surface area contributed by atoms with Gasteiger partial charge in [-0.2, -0.15) is 43.9 Å². The van der Waals surface area contributed by atoms with Crippen LogP contribution in [0.3, 0.4) is 0 Å². The highest BCUT2D eigenvalue weighted by atomic mass is 32.1. The third kappa shape index (κ3) is 4.21. The molecular weight excluding hydrogens is 429 g/mol. The van der Waals surface area contributed by atoms with Gasteiger partial charge in [0, 0.05) is 13.1 Å². The van der Waals surface area contributed by atoms with Gasteiger partial charge in [-0.1, -0.05) is 6.08 Å². The summed E-state index contributed by atoms with van der Waals surface area (Å²) in [6, 6.07) is 0. The van der Waals surface area contributed by atoms with E-state index in [0.717, 1.165) is 6.54 Å². The van der Waals surface area contributed by atoms with Gasteiger partial charge in [0.2, 0.25) is 0 Å². The molecular formula is C14H14F9N3OS. The summed E-state index contributed by atoms with van der Waals surface area (Å²) < 4.78 is 128. The minimum Gasteiger partial charge on any atom is -0.475 e. The third-order valence-corrected chi connectivity index (χ3v) is 4.48. The monoisotopic (exact) mass is 443 g/mol. The van der Waals surface area contributed by atoms with Gasteiger partial charge in [-0.3, -0.25) is 0 Å². The second kappa shape index (κ2) is 7.69. The number of hydrogen-bond acceptors (Lipinski definition) is 5. The molecule has 0 aromatic carbocycles. The summed E-state index contributed by atoms with van der Waals surface area (Å²) in [5, 5.41) is 0. The smallest absolute Gasteiger partial charge is 0.460 e. The number of nitrogens with zero attached hydrogens (tertiary/aromatic N) is 3. The number of likely N-dealkylation sites (N-methyl/N-ethyl adjacent to an activating group) is 1. The number of hydrogen-bond donors (Lipinski definition) is 0. The summed E-state index contributed by atoms with van der Waals surface area (Å²) in [5.74, 6) is -19.5. The minimum atomic E-state index is -6.91. The Bertz CT molecular complexity index is 717. The summed E-state index contributed by atoms with van der Waals surface area (Å²) in [4.78, 5) is 1.91. The molecule has 1 aromatic rings. The van der Waals surface area contributed by atoms with Gasteiger partial charge in [0.05, 0.1) is 24.8 Å². The van der Waals surface area contributed by atoms with E-state index in [4.69, 9.17) is 4.74 Å². The van der Waals surface area contributed by atoms with Crippen molar-refractivity contribution in [1.29, 1.82) is 0 Å². The maximum absolute atomic E-state index is 13.5. The number of rotatable bonds is 7. The molecule has 0 bridgehead atoms. The molecule has 1 aromatic heterocycles. The molecule has 160 valence electrons. The molecule has 0 radical (unpaired) electrons. The summed E-state index contributed by atoms with van der Waals surface area (Å²) >= 11 is 0.643. The molecule has 1 aliphatic heterocycles. The van der Waals surface area contributed by atoms with Crippen molar-refractivity contribution in [3.05, 3.63) is 11.8 Å². The molecule has 0 aliphatic carbocycles. The van der Waals surface area contributed by atoms with Gasteiger partial charge >= 0.3 is 23.9 Å². The van der Waals surface area contributed by atoms with E-state index < -0.39 is 37.0 Å². The zero-order chi connectivity index (χ0) is 21.4. The Morgan fingerprint density at radius 3 is 2.25 bits per heavy atom. The van der Waals surface area contributed by atoms with Gasteiger partial charge < -0.3 is 9.64 Å². The summed E-state index contributed by atoms with van der Waals surface area (Å²) in [7, 11) is 1.80. The van der Waals surface area contributed by atoms with Gasteiger partial charge in [-0.25, -0.2) is 0 Å². The Kier molecular flexibility index (Phi) is 6.24. The lowest BCUT2D eigenvalue weighted by atomic mass is 10.0. The zero-order valence-corrected chi connectivity index (χ0v) is 15.0. The van der Waals surface area contributed by atoms with E-state index in [1.165, 1.54) is 0 Å². The van der Waals surface area contributed by atoms with E-state index in [-0.39, 0.29) is 11.6 Å². The summed E-state index contributed by atoms with van der Waals surface area (Å²) in [5.41, 5.74) is 0.811. The lowest BCUT2D eigenvalue weighted by Gasteiger charge is -2.33. The molecule has 4 nitrogen and oxygen atoms in total. The highest BCUT2D eigenvalue weighted by Gasteiger charge is 2.81. The van der Waals surface area contributed by atoms with Crippen LogP contribution in [-0.4, -0.2) is 64.3 Å². The fourth-order valence-electron chi connectivity index (χ4n) is 2.38. The van der Waals surface area contributed by atoms with Crippen molar-refractivity contribution in [1.82, 2.24) is 13.6 Å². The van der Waals surface area contributed by atoms with Crippen molar-refractivity contribution in [3.63, 3.8) is 0 Å². The first-order valence-corrected chi connectivity index (χ1v) is 8.47. The number of alkyl halides is 9. The lowest BCUT2D eigenvalue weighted by molar-refractivity contribution is -0.397. The second-order valence-electron chi connectivity index (χ2n) is 6.12. The molecule has 2 heterocycles. The summed E-state index contributed by atoms with van der Waals surface area (Å²) in [6.45, 7) is -0.0855. The standard InChI is InChI=1S/C14H14F9N3OS/c1-26-5-2-3-8(7-26)9-10(25-28-24-9)27-6-4-11(15,16)12(17,18)13(19,20)14(21,22)23/h3H,2,4-7H2,1H3. The molecule has 2 rings (SSSR count). The van der Waals surface area contributed by atoms with E-state index in [9.17, 15) is 39.5 Å². The predicted molar refractivity (Wildman–Crippen MR) is 81.0 cm³/mol. The Labute approximate surface area is 157 Å². The molecule has 0 unspecified atom stereocenters. The van der Waals surface area contributed by atoms with Gasteiger partial charge in [-0.05, 0) is 19.0 Å². The SMILES string of the molecule is CN1CCC=C(c2nsnc2OCCC(F)(F)C(F)(F)C(F)(F)C(F)(F)F)C1. The van der Waals surface area contributed by atoms with E-state index in [1.54, 1.807) is 13.1 Å². The first-order chi connectivity index (χ1) is 12.7. The van der Waals surface area contributed by atoms with Crippen molar-refractivity contribution in [2.75, 3.05) is 26.7 Å². The molecule has 0 saturated heterocycles. The lowest BCUT2D eigenvalue weighted by Crippen LogP contribution is -2.61. The van der Waals surface area contributed by atoms with Crippen LogP contribution in [0.15, 0.2) is 6.08 Å². The zero-order valence-electron chi connectivity index (χ0n) is 14.2. The van der Waals surface area contributed by atoms with Gasteiger partial charge in [0.25, 0.3) is 5.88 Å². The van der Waals surface area contributed by atoms with Gasteiger partial charge in [0.1, 0.15) is 5.69 Å². The first-order valence-electron chi connectivity index (χ1n) is 7.74. The number of aromatic nitrogens is 2. The van der Waals surface area contributed by atoms with E-state index >= 15 is 0 Å². The molecule has 14 heteroatoms. The Morgan fingerprint density at radius 2 is 1.68 bits per heavy atom. The normalized spacial score (nSPS) is 17.6. The van der Waals surface area contributed by atoms with E-state index in [0.29, 0.717) is 30.3 Å². The molecule has 0 amide bonds. The quantitative estimate of drug-likeness (QED) is 0.582. The van der Waals surface area contributed by atoms with Crippen molar-refractivity contribution in [3.8, 4) is 5.88 Å². The fraction of sp³-hybridized carbons (Fsp3) is 0.714. The molecule has 0 fully saturated rings. The maximum atomic E-state index is 13.5. The number of ether oxygens (including phenoxy) is 1. The average Bonchev–Trinajstić information content (AvgIpc) is 3.01. The average molecular weight is 443 g/mol. The second-order valence-corrected chi connectivity index (χ2v) is 6.65. The van der Waals surface area contributed by atoms with Gasteiger partial charge in [0.15, 0.2) is 0 Å². The molecule has 0 saturated carbocycles. The molecule has 0 N–H and O–H groups in total. The summed E-state index contributed by atoms with van der Waals surface area (Å²) in [6.07, 6.45) is -6.48. The largest absolute Gasteiger partial charge is 0.475 e. The Balaban J connectivity index is 2.07. The van der Waals surface area contributed by atoms with Crippen LogP contribution in [0.2, 0.25) is 0 Å². The molecule has 0 spiro atoms. The van der Waals surface area contributed by atoms with Crippen LogP contribution in [0, 0.1) is 0 Å². The van der Waals surface area contributed by atoms with Crippen molar-refractivity contribution < 1.29 is 44.3 Å². The van der Waals surface area contributed by atoms with Gasteiger partial charge in [-0.15, -0.1) is 4.37 Å². The third-order valence-electron chi connectivity index (χ3n) is 3.97. The Hall–Kier alpha value is -1.57. The number of halogens is 9. The highest BCUT2D eigenvalue weighted by molar-refractivity contribution is 6.99. The van der Waals surface area contributed by atoms with Crippen LogP contribution >= 0.6 is 11.7 Å². The first kappa shape index (κ1) is 22.7. The van der Waals surface area contributed by atoms with Crippen LogP contribution in [0.5, 0.6) is 5.88 Å². The van der Waals surface area contributed by atoms with Crippen molar-refractivity contribution >= 4 is 17.3 Å². The van der Waals surface area contributed by atoms with Crippen LogP contribution in [0.25, 0.3) is 5.57 Å². The van der Waals surface area contributed by atoms with E-state index in [2.05, 4.69) is 8.75 Å². The predicted octanol–water partition coefficient (Wildman–Crippen LogP) is 4.49. The Morgan fingerprint density at radius 1 is 1.04 bits per heavy atom. The molecule has 0 atom stereocenters. The highest BCUT2D eigenvalue weighted by Crippen LogP contribution is 2.54. The minimum absolute atomic E-state index is 0.173. The van der Waals surface area contributed by atoms with E-state index in [1.807, 2.05) is 4.90 Å². The maximum Gasteiger partial charge on any atom is 0.460 e. The molecule has 1 aliphatic rings. The van der Waals surface area contributed by atoms with Crippen LogP contribution in [-0.2, 0) is 0 Å². The van der Waals surface area contributed by atoms with Crippen molar-refractivity contribution in [2.45, 2.75) is 36.8 Å². The topological polar surface area (TPSA) is 38.2 Å². The van der Waals surface area contributed by atoms with Crippen LogP contribution in [0.4, 0.5) is 39.5 Å². The van der Waals surface area contributed by atoms with Crippen LogP contribution in [0.1, 0.15) is 18.5 Å². The van der Waals surface area contributed by atoms with Crippen LogP contribution < -0.4 is 4.74 Å².